The SMILES string of the molecule is O=C(Nc1ccc2c(c1)CCCN2S(=O)(=O)c1ccc(F)cc1)c1ccc(Br)o1. The second kappa shape index (κ2) is 7.64. The number of nitrogens with zero attached hydrogens (tertiary/aromatic N) is 1. The van der Waals surface area contributed by atoms with Gasteiger partial charge < -0.3 is 9.73 Å². The molecule has 29 heavy (non-hydrogen) atoms. The van der Waals surface area contributed by atoms with Crippen LogP contribution in [0.4, 0.5) is 15.8 Å². The smallest absolute Gasteiger partial charge is 0.291 e. The van der Waals surface area contributed by atoms with Crippen molar-refractivity contribution in [1.82, 2.24) is 0 Å². The van der Waals surface area contributed by atoms with Crippen LogP contribution in [0.25, 0.3) is 0 Å². The molecule has 0 spiro atoms. The number of sulfonamides is 1. The number of hydrogen-bond donors (Lipinski definition) is 1. The normalized spacial score (nSPS) is 13.8. The Morgan fingerprint density at radius 3 is 2.55 bits per heavy atom. The summed E-state index contributed by atoms with van der Waals surface area (Å²) in [7, 11) is -3.81. The molecule has 1 aliphatic rings. The second-order valence-electron chi connectivity index (χ2n) is 6.54. The van der Waals surface area contributed by atoms with Crippen molar-refractivity contribution >= 4 is 43.2 Å². The van der Waals surface area contributed by atoms with Crippen molar-refractivity contribution < 1.29 is 22.0 Å². The summed E-state index contributed by atoms with van der Waals surface area (Å²) in [5.41, 5.74) is 1.90. The third-order valence-electron chi connectivity index (χ3n) is 4.61. The number of hydrogen-bond acceptors (Lipinski definition) is 4. The molecule has 150 valence electrons. The van der Waals surface area contributed by atoms with E-state index in [1.54, 1.807) is 30.3 Å². The summed E-state index contributed by atoms with van der Waals surface area (Å²) >= 11 is 3.15. The molecule has 0 saturated heterocycles. The Balaban J connectivity index is 1.61. The summed E-state index contributed by atoms with van der Waals surface area (Å²) in [5.74, 6) is -0.732. The maximum atomic E-state index is 13.2. The summed E-state index contributed by atoms with van der Waals surface area (Å²) in [4.78, 5) is 12.3. The monoisotopic (exact) mass is 478 g/mol. The first kappa shape index (κ1) is 19.7. The number of furan rings is 1. The minimum Gasteiger partial charge on any atom is -0.444 e. The summed E-state index contributed by atoms with van der Waals surface area (Å²) < 4.78 is 46.3. The van der Waals surface area contributed by atoms with E-state index in [0.717, 1.165) is 17.7 Å². The Kier molecular flexibility index (Phi) is 5.18. The largest absolute Gasteiger partial charge is 0.444 e. The quantitative estimate of drug-likeness (QED) is 0.595. The van der Waals surface area contributed by atoms with Crippen LogP contribution in [0, 0.1) is 5.82 Å². The van der Waals surface area contributed by atoms with E-state index in [2.05, 4.69) is 21.2 Å². The van der Waals surface area contributed by atoms with Gasteiger partial charge in [0, 0.05) is 12.2 Å². The molecule has 1 aromatic heterocycles. The van der Waals surface area contributed by atoms with E-state index in [1.807, 2.05) is 0 Å². The molecule has 3 aromatic rings. The molecule has 0 fully saturated rings. The van der Waals surface area contributed by atoms with Gasteiger partial charge in [-0.1, -0.05) is 0 Å². The molecule has 0 unspecified atom stereocenters. The fraction of sp³-hybridized carbons (Fsp3) is 0.150. The molecular formula is C20H16BrFN2O4S. The molecule has 1 amide bonds. The van der Waals surface area contributed by atoms with E-state index < -0.39 is 21.7 Å². The van der Waals surface area contributed by atoms with Crippen LogP contribution in [0.1, 0.15) is 22.5 Å². The van der Waals surface area contributed by atoms with Crippen LogP contribution in [0.15, 0.2) is 68.6 Å². The van der Waals surface area contributed by atoms with Gasteiger partial charge >= 0.3 is 0 Å². The summed E-state index contributed by atoms with van der Waals surface area (Å²) in [5, 5.41) is 2.75. The van der Waals surface area contributed by atoms with Gasteiger partial charge in [0.1, 0.15) is 5.82 Å². The number of anilines is 2. The number of halogens is 2. The third-order valence-corrected chi connectivity index (χ3v) is 6.87. The molecule has 0 atom stereocenters. The highest BCUT2D eigenvalue weighted by molar-refractivity contribution is 9.10. The summed E-state index contributed by atoms with van der Waals surface area (Å²) in [6, 6.07) is 13.0. The number of fused-ring (bicyclic) bond motifs is 1. The molecule has 9 heteroatoms. The topological polar surface area (TPSA) is 79.6 Å². The van der Waals surface area contributed by atoms with Crippen LogP contribution in [-0.4, -0.2) is 20.9 Å². The Morgan fingerprint density at radius 1 is 1.10 bits per heavy atom. The molecule has 1 N–H and O–H groups in total. The minimum absolute atomic E-state index is 0.0347. The highest BCUT2D eigenvalue weighted by Crippen LogP contribution is 2.34. The van der Waals surface area contributed by atoms with Crippen LogP contribution in [0.2, 0.25) is 0 Å². The Labute approximate surface area is 175 Å². The molecular weight excluding hydrogens is 463 g/mol. The van der Waals surface area contributed by atoms with Gasteiger partial charge in [-0.2, -0.15) is 0 Å². The van der Waals surface area contributed by atoms with Crippen molar-refractivity contribution in [2.24, 2.45) is 0 Å². The molecule has 4 rings (SSSR count). The van der Waals surface area contributed by atoms with E-state index in [-0.39, 0.29) is 10.7 Å². The van der Waals surface area contributed by atoms with Crippen molar-refractivity contribution in [2.45, 2.75) is 17.7 Å². The highest BCUT2D eigenvalue weighted by Gasteiger charge is 2.29. The lowest BCUT2D eigenvalue weighted by molar-refractivity contribution is 0.0995. The van der Waals surface area contributed by atoms with Gasteiger partial charge in [0.2, 0.25) is 0 Å². The Morgan fingerprint density at radius 2 is 1.86 bits per heavy atom. The average molecular weight is 479 g/mol. The van der Waals surface area contributed by atoms with Crippen LogP contribution in [0.3, 0.4) is 0 Å². The lowest BCUT2D eigenvalue weighted by atomic mass is 10.0. The van der Waals surface area contributed by atoms with Gasteiger partial charge in [0.25, 0.3) is 15.9 Å². The number of aryl methyl sites for hydroxylation is 1. The number of amides is 1. The zero-order valence-corrected chi connectivity index (χ0v) is 17.5. The van der Waals surface area contributed by atoms with E-state index in [0.29, 0.717) is 35.4 Å². The van der Waals surface area contributed by atoms with E-state index >= 15 is 0 Å². The molecule has 0 aliphatic carbocycles. The van der Waals surface area contributed by atoms with Crippen LogP contribution in [-0.2, 0) is 16.4 Å². The molecule has 0 saturated carbocycles. The minimum atomic E-state index is -3.81. The molecule has 2 heterocycles. The van der Waals surface area contributed by atoms with E-state index in [4.69, 9.17) is 4.42 Å². The van der Waals surface area contributed by atoms with Crippen molar-refractivity contribution in [3.8, 4) is 0 Å². The maximum Gasteiger partial charge on any atom is 0.291 e. The van der Waals surface area contributed by atoms with Gasteiger partial charge in [-0.15, -0.1) is 0 Å². The summed E-state index contributed by atoms with van der Waals surface area (Å²) in [6.45, 7) is 0.332. The molecule has 1 aliphatic heterocycles. The van der Waals surface area contributed by atoms with Gasteiger partial charge in [-0.3, -0.25) is 9.10 Å². The molecule has 6 nitrogen and oxygen atoms in total. The third kappa shape index (κ3) is 3.92. The first-order chi connectivity index (χ1) is 13.8. The lowest BCUT2D eigenvalue weighted by Gasteiger charge is -2.30. The number of nitrogens with one attached hydrogen (secondary N) is 1. The summed E-state index contributed by atoms with van der Waals surface area (Å²) in [6.07, 6.45) is 1.32. The predicted molar refractivity (Wildman–Crippen MR) is 110 cm³/mol. The van der Waals surface area contributed by atoms with Crippen LogP contribution >= 0.6 is 15.9 Å². The first-order valence-electron chi connectivity index (χ1n) is 8.82. The molecule has 2 aromatic carbocycles. The van der Waals surface area contributed by atoms with Crippen molar-refractivity contribution in [1.29, 1.82) is 0 Å². The predicted octanol–water partition coefficient (Wildman–Crippen LogP) is 4.58. The second-order valence-corrected chi connectivity index (χ2v) is 9.18. The first-order valence-corrected chi connectivity index (χ1v) is 11.1. The molecule has 0 radical (unpaired) electrons. The molecule has 0 bridgehead atoms. The average Bonchev–Trinajstić information content (AvgIpc) is 3.14. The highest BCUT2D eigenvalue weighted by atomic mass is 79.9. The van der Waals surface area contributed by atoms with Crippen LogP contribution in [0.5, 0.6) is 0 Å². The van der Waals surface area contributed by atoms with Gasteiger partial charge in [-0.25, -0.2) is 12.8 Å². The van der Waals surface area contributed by atoms with Crippen LogP contribution < -0.4 is 9.62 Å². The van der Waals surface area contributed by atoms with Gasteiger partial charge in [0.05, 0.1) is 10.6 Å². The standard InChI is InChI=1S/C20H16BrFN2O4S/c21-19-10-9-18(28-19)20(25)23-15-5-8-17-13(12-15)2-1-11-24(17)29(26,27)16-6-3-14(22)4-7-16/h3-10,12H,1-2,11H2,(H,23,25). The zero-order valence-electron chi connectivity index (χ0n) is 15.1. The Bertz CT molecular complexity index is 1180. The Hall–Kier alpha value is -2.65. The number of rotatable bonds is 4. The maximum absolute atomic E-state index is 13.2. The van der Waals surface area contributed by atoms with Crippen molar-refractivity contribution in [3.63, 3.8) is 0 Å². The van der Waals surface area contributed by atoms with Crippen molar-refractivity contribution in [3.05, 3.63) is 76.4 Å². The zero-order chi connectivity index (χ0) is 20.6. The number of carbonyl (C=O) groups is 1. The van der Waals surface area contributed by atoms with E-state index in [9.17, 15) is 17.6 Å². The van der Waals surface area contributed by atoms with Gasteiger partial charge in [-0.05, 0) is 88.9 Å². The number of benzene rings is 2. The van der Waals surface area contributed by atoms with Crippen molar-refractivity contribution in [2.75, 3.05) is 16.2 Å². The number of carbonyl (C=O) groups excluding carboxylic acids is 1. The van der Waals surface area contributed by atoms with Gasteiger partial charge in [0.15, 0.2) is 10.4 Å². The lowest BCUT2D eigenvalue weighted by Crippen LogP contribution is -2.35. The fourth-order valence-electron chi connectivity index (χ4n) is 3.25. The fourth-order valence-corrected chi connectivity index (χ4v) is 5.10. The van der Waals surface area contributed by atoms with E-state index in [1.165, 1.54) is 16.4 Å².